The molecule has 1 aromatic carbocycles. The van der Waals surface area contributed by atoms with Crippen LogP contribution < -0.4 is 10.6 Å². The Balaban J connectivity index is 3.37. The maximum Gasteiger partial charge on any atom is 0.408 e. The van der Waals surface area contributed by atoms with Crippen LogP contribution in [0.15, 0.2) is 30.3 Å². The molecule has 0 radical (unpaired) electrons. The quantitative estimate of drug-likeness (QED) is 0.219. The third kappa shape index (κ3) is 13.5. The minimum atomic E-state index is -0.992. The molecule has 9 heteroatoms. The van der Waals surface area contributed by atoms with Crippen molar-refractivity contribution in [3.63, 3.8) is 0 Å². The van der Waals surface area contributed by atoms with E-state index >= 15 is 0 Å². The highest BCUT2D eigenvalue weighted by atomic mass is 16.6. The highest BCUT2D eigenvalue weighted by Crippen LogP contribution is 2.25. The second-order valence-corrected chi connectivity index (χ2v) is 11.2. The van der Waals surface area contributed by atoms with Gasteiger partial charge in [-0.2, -0.15) is 0 Å². The van der Waals surface area contributed by atoms with E-state index in [1.807, 2.05) is 19.9 Å². The number of benzene rings is 1. The number of carbonyl (C=O) groups is 4. The van der Waals surface area contributed by atoms with E-state index in [-0.39, 0.29) is 18.4 Å². The van der Waals surface area contributed by atoms with E-state index in [0.717, 1.165) is 32.1 Å². The van der Waals surface area contributed by atoms with Crippen LogP contribution in [0.1, 0.15) is 98.1 Å². The summed E-state index contributed by atoms with van der Waals surface area (Å²) in [6.07, 6.45) is 5.72. The number of nitrogens with one attached hydrogen (secondary N) is 2. The van der Waals surface area contributed by atoms with Gasteiger partial charge in [-0.3, -0.25) is 14.4 Å². The van der Waals surface area contributed by atoms with Crippen molar-refractivity contribution in [3.05, 3.63) is 35.9 Å². The van der Waals surface area contributed by atoms with Gasteiger partial charge >= 0.3 is 12.1 Å². The van der Waals surface area contributed by atoms with Crippen LogP contribution in [0, 0.1) is 5.92 Å². The molecular weight excluding hydrogens is 498 g/mol. The predicted octanol–water partition coefficient (Wildman–Crippen LogP) is 5.15. The maximum atomic E-state index is 14.1. The molecule has 2 atom stereocenters. The number of nitrogens with zero attached hydrogens (tertiary/aromatic N) is 1. The number of esters is 1. The summed E-state index contributed by atoms with van der Waals surface area (Å²) in [7, 11) is 1.25. The number of methoxy groups -OCH3 is 1. The zero-order valence-corrected chi connectivity index (χ0v) is 24.9. The molecule has 1 aromatic rings. The molecule has 0 fully saturated rings. The normalized spacial score (nSPS) is 12.8. The lowest BCUT2D eigenvalue weighted by Crippen LogP contribution is -2.54. The molecule has 9 nitrogen and oxygen atoms in total. The van der Waals surface area contributed by atoms with Crippen LogP contribution >= 0.6 is 0 Å². The zero-order chi connectivity index (χ0) is 29.4. The number of hydrogen-bond donors (Lipinski definition) is 2. The van der Waals surface area contributed by atoms with Crippen LogP contribution in [0.5, 0.6) is 0 Å². The Kier molecular flexibility index (Phi) is 15.2. The monoisotopic (exact) mass is 547 g/mol. The van der Waals surface area contributed by atoms with Gasteiger partial charge in [0.25, 0.3) is 0 Å². The summed E-state index contributed by atoms with van der Waals surface area (Å²) in [4.78, 5) is 53.6. The highest BCUT2D eigenvalue weighted by Gasteiger charge is 2.36. The molecule has 2 unspecified atom stereocenters. The minimum Gasteiger partial charge on any atom is -0.468 e. The van der Waals surface area contributed by atoms with Crippen molar-refractivity contribution < 1.29 is 28.7 Å². The second kappa shape index (κ2) is 17.5. The first-order chi connectivity index (χ1) is 18.4. The van der Waals surface area contributed by atoms with Gasteiger partial charge in [-0.05, 0) is 45.1 Å². The van der Waals surface area contributed by atoms with Gasteiger partial charge in [0.1, 0.15) is 24.2 Å². The summed E-state index contributed by atoms with van der Waals surface area (Å²) in [6.45, 7) is 11.4. The van der Waals surface area contributed by atoms with E-state index in [9.17, 15) is 19.2 Å². The Labute approximate surface area is 234 Å². The van der Waals surface area contributed by atoms with Crippen LogP contribution in [-0.2, 0) is 23.9 Å². The Morgan fingerprint density at radius 3 is 2.13 bits per heavy atom. The van der Waals surface area contributed by atoms with E-state index in [4.69, 9.17) is 4.74 Å². The summed E-state index contributed by atoms with van der Waals surface area (Å²) >= 11 is 0. The van der Waals surface area contributed by atoms with Crippen LogP contribution in [-0.4, -0.2) is 60.6 Å². The summed E-state index contributed by atoms with van der Waals surface area (Å²) in [5, 5.41) is 5.37. The van der Waals surface area contributed by atoms with Crippen LogP contribution in [0.3, 0.4) is 0 Å². The van der Waals surface area contributed by atoms with E-state index in [1.54, 1.807) is 45.0 Å². The van der Waals surface area contributed by atoms with Crippen molar-refractivity contribution >= 4 is 23.9 Å². The molecular formula is C30H49N3O6. The largest absolute Gasteiger partial charge is 0.468 e. The number of carbonyl (C=O) groups excluding carboxylic acids is 4. The van der Waals surface area contributed by atoms with Gasteiger partial charge in [-0.1, -0.05) is 83.2 Å². The molecule has 0 bridgehead atoms. The third-order valence-electron chi connectivity index (χ3n) is 6.04. The topological polar surface area (TPSA) is 114 Å². The molecule has 0 saturated carbocycles. The average Bonchev–Trinajstić information content (AvgIpc) is 2.86. The summed E-state index contributed by atoms with van der Waals surface area (Å²) in [5.74, 6) is -1.36. The summed E-state index contributed by atoms with van der Waals surface area (Å²) < 4.78 is 10.1. The van der Waals surface area contributed by atoms with Crippen molar-refractivity contribution in [2.75, 3.05) is 20.2 Å². The standard InChI is InChI=1S/C30H49N3O6/c1-8-9-10-11-12-16-19-33(28(36)24(20-22(2)3)32-29(37)39-30(4,5)6)26(23-17-14-13-15-18-23)27(35)31-21-25(34)38-7/h13-15,17-18,22,24,26H,8-12,16,19-21H2,1-7H3,(H,31,35)(H,32,37). The lowest BCUT2D eigenvalue weighted by atomic mass is 9.98. The molecule has 0 aromatic heterocycles. The number of rotatable bonds is 16. The van der Waals surface area contributed by atoms with Gasteiger partial charge in [-0.25, -0.2) is 4.79 Å². The number of hydrogen-bond acceptors (Lipinski definition) is 6. The van der Waals surface area contributed by atoms with E-state index < -0.39 is 35.7 Å². The number of unbranched alkanes of at least 4 members (excludes halogenated alkanes) is 5. The second-order valence-electron chi connectivity index (χ2n) is 11.2. The molecule has 0 heterocycles. The molecule has 220 valence electrons. The SMILES string of the molecule is CCCCCCCCN(C(=O)C(CC(C)C)NC(=O)OC(C)(C)C)C(C(=O)NCC(=O)OC)c1ccccc1. The van der Waals surface area contributed by atoms with Gasteiger partial charge in [0.05, 0.1) is 7.11 Å². The smallest absolute Gasteiger partial charge is 0.408 e. The fourth-order valence-electron chi connectivity index (χ4n) is 4.21. The predicted molar refractivity (Wildman–Crippen MR) is 152 cm³/mol. The number of alkyl carbamates (subject to hydrolysis) is 1. The first kappa shape index (κ1) is 33.9. The van der Waals surface area contributed by atoms with Crippen molar-refractivity contribution in [1.82, 2.24) is 15.5 Å². The van der Waals surface area contributed by atoms with Crippen molar-refractivity contribution in [2.24, 2.45) is 5.92 Å². The maximum absolute atomic E-state index is 14.1. The molecule has 3 amide bonds. The van der Waals surface area contributed by atoms with Crippen LogP contribution in [0.4, 0.5) is 4.79 Å². The molecule has 0 aliphatic rings. The van der Waals surface area contributed by atoms with Crippen molar-refractivity contribution in [1.29, 1.82) is 0 Å². The molecule has 0 spiro atoms. The lowest BCUT2D eigenvalue weighted by molar-refractivity contribution is -0.145. The Morgan fingerprint density at radius 1 is 0.949 bits per heavy atom. The third-order valence-corrected chi connectivity index (χ3v) is 6.04. The van der Waals surface area contributed by atoms with Crippen molar-refractivity contribution in [3.8, 4) is 0 Å². The zero-order valence-electron chi connectivity index (χ0n) is 24.9. The lowest BCUT2D eigenvalue weighted by Gasteiger charge is -2.35. The molecule has 0 aliphatic carbocycles. The Bertz CT molecular complexity index is 898. The van der Waals surface area contributed by atoms with Gasteiger partial charge < -0.3 is 25.0 Å². The van der Waals surface area contributed by atoms with E-state index in [1.165, 1.54) is 12.0 Å². The Morgan fingerprint density at radius 2 is 1.56 bits per heavy atom. The molecule has 39 heavy (non-hydrogen) atoms. The van der Waals surface area contributed by atoms with E-state index in [0.29, 0.717) is 24.9 Å². The van der Waals surface area contributed by atoms with Gasteiger partial charge in [0.2, 0.25) is 11.8 Å². The van der Waals surface area contributed by atoms with Crippen LogP contribution in [0.2, 0.25) is 0 Å². The minimum absolute atomic E-state index is 0.0908. The molecule has 1 rings (SSSR count). The number of amides is 3. The molecule has 0 saturated heterocycles. The summed E-state index contributed by atoms with van der Waals surface area (Å²) in [6, 6.07) is 7.11. The first-order valence-electron chi connectivity index (χ1n) is 14.1. The molecule has 0 aliphatic heterocycles. The van der Waals surface area contributed by atoms with E-state index in [2.05, 4.69) is 22.3 Å². The summed E-state index contributed by atoms with van der Waals surface area (Å²) in [5.41, 5.74) is -0.117. The number of ether oxygens (including phenoxy) is 2. The fraction of sp³-hybridized carbons (Fsp3) is 0.667. The van der Waals surface area contributed by atoms with Gasteiger partial charge in [0, 0.05) is 6.54 Å². The molecule has 2 N–H and O–H groups in total. The van der Waals surface area contributed by atoms with Gasteiger partial charge in [0.15, 0.2) is 0 Å². The van der Waals surface area contributed by atoms with Crippen LogP contribution in [0.25, 0.3) is 0 Å². The van der Waals surface area contributed by atoms with Gasteiger partial charge in [-0.15, -0.1) is 0 Å². The average molecular weight is 548 g/mol. The first-order valence-corrected chi connectivity index (χ1v) is 14.1. The van der Waals surface area contributed by atoms with Crippen molar-refractivity contribution in [2.45, 2.75) is 104 Å². The fourth-order valence-corrected chi connectivity index (χ4v) is 4.21. The highest BCUT2D eigenvalue weighted by molar-refractivity contribution is 5.93. The Hall–Kier alpha value is -3.10.